The van der Waals surface area contributed by atoms with Gasteiger partial charge in [-0.25, -0.2) is 0 Å². The fourth-order valence-electron chi connectivity index (χ4n) is 6.85. The van der Waals surface area contributed by atoms with Crippen LogP contribution in [0.25, 0.3) is 22.3 Å². The largest absolute Gasteiger partial charge is 0.488 e. The average Bonchev–Trinajstić information content (AvgIpc) is 3.22. The summed E-state index contributed by atoms with van der Waals surface area (Å²) in [5, 5.41) is 32.1. The monoisotopic (exact) mass is 791 g/mol. The fraction of sp³-hybridized carbons (Fsp3) is 0.311. The number of halogens is 1. The van der Waals surface area contributed by atoms with Crippen LogP contribution in [0.3, 0.4) is 0 Å². The Labute approximate surface area is 338 Å². The lowest BCUT2D eigenvalue weighted by atomic mass is 9.89. The lowest BCUT2D eigenvalue weighted by molar-refractivity contribution is -0.146. The number of aliphatic hydroxyl groups is 1. The molecule has 1 aliphatic rings. The second kappa shape index (κ2) is 18.7. The number of carbonyl (C=O) groups excluding carboxylic acids is 1. The molecule has 2 atom stereocenters. The number of nitrogens with zero attached hydrogens (tertiary/aromatic N) is 1. The van der Waals surface area contributed by atoms with Crippen LogP contribution in [0.4, 0.5) is 5.69 Å². The number of aromatic nitrogens is 1. The molecular formula is C45H50ClN5O6. The minimum Gasteiger partial charge on any atom is -0.488 e. The Kier molecular flexibility index (Phi) is 13.5. The first-order valence-corrected chi connectivity index (χ1v) is 19.4. The first-order chi connectivity index (χ1) is 27.5. The Morgan fingerprint density at radius 3 is 2.33 bits per heavy atom. The minimum atomic E-state index is -1.57. The van der Waals surface area contributed by atoms with Crippen LogP contribution in [0.2, 0.25) is 5.02 Å². The number of rotatable bonds is 17. The van der Waals surface area contributed by atoms with E-state index in [1.165, 1.54) is 6.92 Å². The zero-order valence-corrected chi connectivity index (χ0v) is 33.5. The maximum Gasteiger partial charge on any atom is 0.326 e. The zero-order chi connectivity index (χ0) is 40.5. The second-order valence-electron chi connectivity index (χ2n) is 14.6. The van der Waals surface area contributed by atoms with Crippen LogP contribution in [-0.4, -0.2) is 58.9 Å². The van der Waals surface area contributed by atoms with E-state index < -0.39 is 18.1 Å². The number of ether oxygens (including phenoxy) is 2. The fourth-order valence-corrected chi connectivity index (χ4v) is 7.09. The minimum absolute atomic E-state index is 0.0644. The van der Waals surface area contributed by atoms with E-state index in [0.29, 0.717) is 28.6 Å². The Hall–Kier alpha value is -5.46. The summed E-state index contributed by atoms with van der Waals surface area (Å²) in [5.74, 6) is -0.255. The summed E-state index contributed by atoms with van der Waals surface area (Å²) in [5.41, 5.74) is 9.52. The van der Waals surface area contributed by atoms with Crippen LogP contribution in [0, 0.1) is 13.8 Å². The second-order valence-corrected chi connectivity index (χ2v) is 15.0. The van der Waals surface area contributed by atoms with Gasteiger partial charge in [0.1, 0.15) is 30.3 Å². The maximum absolute atomic E-state index is 12.2. The zero-order valence-electron chi connectivity index (χ0n) is 32.7. The van der Waals surface area contributed by atoms with Crippen molar-refractivity contribution in [2.45, 2.75) is 71.5 Å². The van der Waals surface area contributed by atoms with Gasteiger partial charge < -0.3 is 35.6 Å². The van der Waals surface area contributed by atoms with Gasteiger partial charge in [-0.15, -0.1) is 0 Å². The highest BCUT2D eigenvalue weighted by Crippen LogP contribution is 2.37. The maximum atomic E-state index is 12.2. The van der Waals surface area contributed by atoms with Crippen molar-refractivity contribution in [3.05, 3.63) is 130 Å². The molecule has 1 aliphatic heterocycles. The molecule has 1 fully saturated rings. The van der Waals surface area contributed by atoms with E-state index >= 15 is 0 Å². The highest BCUT2D eigenvalue weighted by molar-refractivity contribution is 6.32. The summed E-state index contributed by atoms with van der Waals surface area (Å²) in [6, 6.07) is 26.2. The van der Waals surface area contributed by atoms with Crippen molar-refractivity contribution in [2.75, 3.05) is 25.5 Å². The quantitative estimate of drug-likeness (QED) is 0.0571. The van der Waals surface area contributed by atoms with Gasteiger partial charge in [-0.2, -0.15) is 0 Å². The van der Waals surface area contributed by atoms with Gasteiger partial charge in [0.25, 0.3) is 0 Å². The molecule has 0 saturated carbocycles. The number of piperidine rings is 1. The Balaban J connectivity index is 1.20. The van der Waals surface area contributed by atoms with Gasteiger partial charge in [0.2, 0.25) is 5.91 Å². The number of benzene rings is 4. The highest BCUT2D eigenvalue weighted by Gasteiger charge is 2.32. The topological polar surface area (TPSA) is 154 Å². The molecule has 0 bridgehead atoms. The van der Waals surface area contributed by atoms with Crippen molar-refractivity contribution in [3.8, 4) is 33.8 Å². The van der Waals surface area contributed by atoms with Gasteiger partial charge in [-0.05, 0) is 90.3 Å². The molecule has 1 saturated heterocycles. The summed E-state index contributed by atoms with van der Waals surface area (Å²) >= 11 is 6.79. The van der Waals surface area contributed by atoms with Crippen molar-refractivity contribution in [3.63, 3.8) is 0 Å². The van der Waals surface area contributed by atoms with Gasteiger partial charge in [0.05, 0.1) is 23.4 Å². The third-order valence-electron chi connectivity index (χ3n) is 10.6. The lowest BCUT2D eigenvalue weighted by Gasteiger charge is -2.25. The number of amides is 1. The molecule has 5 aromatic rings. The first-order valence-electron chi connectivity index (χ1n) is 19.1. The third kappa shape index (κ3) is 9.92. The Morgan fingerprint density at radius 1 is 0.895 bits per heavy atom. The van der Waals surface area contributed by atoms with Crippen molar-refractivity contribution >= 4 is 29.2 Å². The number of hydrogen-bond donors (Lipinski definition) is 6. The Bertz CT molecular complexity index is 2210. The first kappa shape index (κ1) is 41.2. The molecule has 6 rings (SSSR count). The molecule has 0 radical (unpaired) electrons. The van der Waals surface area contributed by atoms with E-state index in [4.69, 9.17) is 21.1 Å². The van der Waals surface area contributed by atoms with Gasteiger partial charge in [0.15, 0.2) is 0 Å². The van der Waals surface area contributed by atoms with Crippen LogP contribution in [0.15, 0.2) is 91.3 Å². The predicted octanol–water partition coefficient (Wildman–Crippen LogP) is 7.18. The van der Waals surface area contributed by atoms with E-state index in [1.54, 1.807) is 24.5 Å². The van der Waals surface area contributed by atoms with Gasteiger partial charge in [0, 0.05) is 56.3 Å². The summed E-state index contributed by atoms with van der Waals surface area (Å²) in [4.78, 5) is 28.3. The molecular weight excluding hydrogens is 742 g/mol. The number of nitrogens with one attached hydrogen (secondary N) is 4. The van der Waals surface area contributed by atoms with E-state index in [0.717, 1.165) is 75.1 Å². The van der Waals surface area contributed by atoms with E-state index in [-0.39, 0.29) is 31.7 Å². The van der Waals surface area contributed by atoms with E-state index in [1.807, 2.05) is 25.2 Å². The van der Waals surface area contributed by atoms with Crippen molar-refractivity contribution in [2.24, 2.45) is 0 Å². The number of aliphatic hydroxyl groups excluding tert-OH is 1. The average molecular weight is 792 g/mol. The summed E-state index contributed by atoms with van der Waals surface area (Å²) < 4.78 is 12.6. The molecule has 4 aromatic carbocycles. The van der Waals surface area contributed by atoms with Crippen molar-refractivity contribution in [1.82, 2.24) is 20.9 Å². The number of anilines is 1. The van der Waals surface area contributed by atoms with Crippen LogP contribution in [-0.2, 0) is 35.9 Å². The molecule has 6 N–H and O–H groups in total. The molecule has 298 valence electrons. The molecule has 57 heavy (non-hydrogen) atoms. The number of carbonyl (C=O) groups is 2. The summed E-state index contributed by atoms with van der Waals surface area (Å²) in [7, 11) is 1.81. The number of carboxylic acid groups (broad SMARTS) is 1. The molecule has 12 heteroatoms. The van der Waals surface area contributed by atoms with Crippen molar-refractivity contribution in [1.29, 1.82) is 0 Å². The number of pyridine rings is 1. The molecule has 1 amide bonds. The molecule has 1 aromatic heterocycles. The molecule has 11 nitrogen and oxygen atoms in total. The molecule has 0 unspecified atom stereocenters. The van der Waals surface area contributed by atoms with Crippen LogP contribution < -0.4 is 30.7 Å². The molecule has 0 spiro atoms. The van der Waals surface area contributed by atoms with Crippen LogP contribution in [0.1, 0.15) is 53.1 Å². The normalized spacial score (nSPS) is 15.1. The summed E-state index contributed by atoms with van der Waals surface area (Å²) in [6.45, 7) is 6.92. The standard InChI is InChI=1S/C45H50ClN5O6/c1-28-33(8-5-10-37(28)38-11-6-9-36(29(38)2)32-15-13-30(14-16-32)22-50-40-12-7-17-49-43(40)53)26-57-42-20-41(56-25-31-18-35(47-4)24-48-21-31)34(19-39(42)46)23-51-45(3,27-52)44(54)55/h5-6,8-11,13-16,18-21,24,40,47,50-52H,7,12,17,22-23,25-27H2,1-4H3,(H,49,53)(H,54,55)/t40-,45-/m0/s1. The molecule has 2 heterocycles. The highest BCUT2D eigenvalue weighted by atomic mass is 35.5. The number of hydrogen-bond acceptors (Lipinski definition) is 9. The number of aliphatic carboxylic acids is 1. The molecule has 0 aliphatic carbocycles. The van der Waals surface area contributed by atoms with Gasteiger partial charge >= 0.3 is 5.97 Å². The number of carboxylic acids is 1. The van der Waals surface area contributed by atoms with Crippen molar-refractivity contribution < 1.29 is 29.3 Å². The van der Waals surface area contributed by atoms with Gasteiger partial charge in [-0.1, -0.05) is 72.3 Å². The van der Waals surface area contributed by atoms with E-state index in [9.17, 15) is 19.8 Å². The van der Waals surface area contributed by atoms with Crippen LogP contribution >= 0.6 is 11.6 Å². The SMILES string of the molecule is CNc1cncc(COc2cc(OCc3cccc(-c4cccc(-c5ccc(CN[C@H]6CCCNC6=O)cc5)c4C)c3C)c(Cl)cc2CN[C@@](C)(CO)C(=O)O)c1. The van der Waals surface area contributed by atoms with Crippen LogP contribution in [0.5, 0.6) is 11.5 Å². The van der Waals surface area contributed by atoms with Gasteiger partial charge in [-0.3, -0.25) is 19.9 Å². The lowest BCUT2D eigenvalue weighted by Crippen LogP contribution is -2.52. The summed E-state index contributed by atoms with van der Waals surface area (Å²) in [6.07, 6.45) is 5.26. The smallest absolute Gasteiger partial charge is 0.326 e. The predicted molar refractivity (Wildman–Crippen MR) is 224 cm³/mol. The third-order valence-corrected chi connectivity index (χ3v) is 10.9. The Morgan fingerprint density at radius 2 is 1.61 bits per heavy atom. The van der Waals surface area contributed by atoms with E-state index in [2.05, 4.69) is 88.6 Å².